The highest BCUT2D eigenvalue weighted by Crippen LogP contribution is 2.34. The first-order chi connectivity index (χ1) is 5.99. The van der Waals surface area contributed by atoms with E-state index in [4.69, 9.17) is 28.5 Å². The maximum Gasteiger partial charge on any atom is 0.0796 e. The zero-order chi connectivity index (χ0) is 10.1. The number of aromatic nitrogens is 1. The molecule has 0 fully saturated rings. The van der Waals surface area contributed by atoms with Crippen LogP contribution >= 0.6 is 23.2 Å². The lowest BCUT2D eigenvalue weighted by Crippen LogP contribution is -2.15. The Kier molecular flexibility index (Phi) is 2.80. The van der Waals surface area contributed by atoms with Gasteiger partial charge in [0.25, 0.3) is 0 Å². The van der Waals surface area contributed by atoms with E-state index >= 15 is 0 Å². The highest BCUT2D eigenvalue weighted by atomic mass is 35.5. The van der Waals surface area contributed by atoms with E-state index in [1.54, 1.807) is 13.8 Å². The Hall–Kier alpha value is -0.780. The number of nitrogens with zero attached hydrogens (tertiary/aromatic N) is 2. The second-order valence-corrected chi connectivity index (χ2v) is 4.03. The third-order valence-corrected chi connectivity index (χ3v) is 2.33. The smallest absolute Gasteiger partial charge is 0.0796 e. The van der Waals surface area contributed by atoms with Crippen LogP contribution in [0.4, 0.5) is 0 Å². The first kappa shape index (κ1) is 10.3. The second kappa shape index (κ2) is 3.53. The monoisotopic (exact) mass is 214 g/mol. The van der Waals surface area contributed by atoms with E-state index in [-0.39, 0.29) is 0 Å². The molecule has 1 rings (SSSR count). The van der Waals surface area contributed by atoms with E-state index in [0.29, 0.717) is 15.6 Å². The summed E-state index contributed by atoms with van der Waals surface area (Å²) in [6, 6.07) is 2.14. The predicted octanol–water partition coefficient (Wildman–Crippen LogP) is 3.19. The molecule has 0 aliphatic heterocycles. The fourth-order valence-electron chi connectivity index (χ4n) is 1.06. The maximum atomic E-state index is 8.91. The van der Waals surface area contributed by atoms with Gasteiger partial charge < -0.3 is 0 Å². The van der Waals surface area contributed by atoms with Crippen LogP contribution in [0.25, 0.3) is 0 Å². The summed E-state index contributed by atoms with van der Waals surface area (Å²) in [5.74, 6) is 0. The third kappa shape index (κ3) is 1.93. The summed E-state index contributed by atoms with van der Waals surface area (Å²) in [7, 11) is 0. The lowest BCUT2D eigenvalue weighted by Gasteiger charge is -2.18. The molecule has 2 nitrogen and oxygen atoms in total. The molecule has 0 unspecified atom stereocenters. The summed E-state index contributed by atoms with van der Waals surface area (Å²) in [6.07, 6.45) is 2.98. The van der Waals surface area contributed by atoms with Gasteiger partial charge in [-0.2, -0.15) is 5.26 Å². The van der Waals surface area contributed by atoms with Gasteiger partial charge in [-0.1, -0.05) is 23.2 Å². The minimum Gasteiger partial charge on any atom is -0.262 e. The van der Waals surface area contributed by atoms with Crippen molar-refractivity contribution in [3.05, 3.63) is 28.0 Å². The van der Waals surface area contributed by atoms with Crippen molar-refractivity contribution in [2.24, 2.45) is 0 Å². The normalized spacial score (nSPS) is 11.0. The van der Waals surface area contributed by atoms with Gasteiger partial charge in [-0.15, -0.1) is 0 Å². The summed E-state index contributed by atoms with van der Waals surface area (Å²) < 4.78 is 0. The van der Waals surface area contributed by atoms with E-state index in [2.05, 4.69) is 11.1 Å². The van der Waals surface area contributed by atoms with Gasteiger partial charge in [0.1, 0.15) is 0 Å². The molecule has 68 valence electrons. The average Bonchev–Trinajstić information content (AvgIpc) is 2.03. The van der Waals surface area contributed by atoms with Crippen LogP contribution in [0.15, 0.2) is 12.4 Å². The van der Waals surface area contributed by atoms with Gasteiger partial charge in [-0.25, -0.2) is 0 Å². The average molecular weight is 215 g/mol. The Balaban J connectivity index is 3.38. The Morgan fingerprint density at radius 1 is 1.31 bits per heavy atom. The lowest BCUT2D eigenvalue weighted by atomic mass is 9.87. The summed E-state index contributed by atoms with van der Waals surface area (Å²) in [5.41, 5.74) is -0.0507. The molecule has 0 saturated heterocycles. The van der Waals surface area contributed by atoms with Gasteiger partial charge in [-0.05, 0) is 13.8 Å². The molecule has 0 aliphatic rings. The molecule has 1 heterocycles. The largest absolute Gasteiger partial charge is 0.262 e. The summed E-state index contributed by atoms with van der Waals surface area (Å²) >= 11 is 11.8. The first-order valence-corrected chi connectivity index (χ1v) is 4.45. The molecular formula is C9H8Cl2N2. The third-order valence-electron chi connectivity index (χ3n) is 1.76. The first-order valence-electron chi connectivity index (χ1n) is 3.70. The van der Waals surface area contributed by atoms with Crippen LogP contribution in [0.3, 0.4) is 0 Å². The molecule has 0 aromatic carbocycles. The summed E-state index contributed by atoms with van der Waals surface area (Å²) in [5, 5.41) is 9.77. The number of rotatable bonds is 1. The van der Waals surface area contributed by atoms with Crippen molar-refractivity contribution in [3.63, 3.8) is 0 Å². The molecule has 0 atom stereocenters. The standard InChI is InChI=1S/C9H8Cl2N2/c1-9(2,5-12)8-6(10)3-13-4-7(8)11/h3-4H,1-2H3. The fraction of sp³-hybridized carbons (Fsp3) is 0.333. The Morgan fingerprint density at radius 3 is 2.15 bits per heavy atom. The molecule has 0 spiro atoms. The Morgan fingerprint density at radius 2 is 1.77 bits per heavy atom. The number of hydrogen-bond donors (Lipinski definition) is 0. The van der Waals surface area contributed by atoms with E-state index < -0.39 is 5.41 Å². The van der Waals surface area contributed by atoms with Crippen LogP contribution in [-0.4, -0.2) is 4.98 Å². The predicted molar refractivity (Wildman–Crippen MR) is 52.9 cm³/mol. The van der Waals surface area contributed by atoms with Crippen LogP contribution in [0.2, 0.25) is 10.0 Å². The zero-order valence-electron chi connectivity index (χ0n) is 7.31. The fourth-order valence-corrected chi connectivity index (χ4v) is 1.90. The SMILES string of the molecule is CC(C)(C#N)c1c(Cl)cncc1Cl. The van der Waals surface area contributed by atoms with Crippen molar-refractivity contribution in [3.8, 4) is 6.07 Å². The summed E-state index contributed by atoms with van der Waals surface area (Å²) in [6.45, 7) is 3.53. The van der Waals surface area contributed by atoms with Crippen molar-refractivity contribution in [2.75, 3.05) is 0 Å². The van der Waals surface area contributed by atoms with Crippen LogP contribution in [0.5, 0.6) is 0 Å². The lowest BCUT2D eigenvalue weighted by molar-refractivity contribution is 0.686. The Bertz CT molecular complexity index is 346. The molecule has 0 amide bonds. The molecular weight excluding hydrogens is 207 g/mol. The van der Waals surface area contributed by atoms with E-state index in [0.717, 1.165) is 0 Å². The van der Waals surface area contributed by atoms with Gasteiger partial charge >= 0.3 is 0 Å². The molecule has 0 saturated carbocycles. The van der Waals surface area contributed by atoms with Crippen molar-refractivity contribution < 1.29 is 0 Å². The second-order valence-electron chi connectivity index (χ2n) is 3.21. The molecule has 0 aliphatic carbocycles. The molecule has 1 aromatic heterocycles. The van der Waals surface area contributed by atoms with E-state index in [1.807, 2.05) is 0 Å². The number of nitriles is 1. The van der Waals surface area contributed by atoms with Gasteiger partial charge in [0, 0.05) is 18.0 Å². The molecule has 0 bridgehead atoms. The molecule has 4 heteroatoms. The van der Waals surface area contributed by atoms with Gasteiger partial charge in [0.05, 0.1) is 21.5 Å². The molecule has 1 aromatic rings. The minimum atomic E-state index is -0.683. The van der Waals surface area contributed by atoms with Crippen LogP contribution in [0, 0.1) is 11.3 Å². The highest BCUT2D eigenvalue weighted by Gasteiger charge is 2.25. The van der Waals surface area contributed by atoms with Gasteiger partial charge in [-0.3, -0.25) is 4.98 Å². The van der Waals surface area contributed by atoms with Gasteiger partial charge in [0.2, 0.25) is 0 Å². The van der Waals surface area contributed by atoms with Crippen molar-refractivity contribution in [1.29, 1.82) is 5.26 Å². The van der Waals surface area contributed by atoms with Crippen molar-refractivity contribution in [2.45, 2.75) is 19.3 Å². The highest BCUT2D eigenvalue weighted by molar-refractivity contribution is 6.36. The number of pyridine rings is 1. The zero-order valence-corrected chi connectivity index (χ0v) is 8.82. The van der Waals surface area contributed by atoms with Crippen molar-refractivity contribution in [1.82, 2.24) is 4.98 Å². The topological polar surface area (TPSA) is 36.7 Å². The quantitative estimate of drug-likeness (QED) is 0.721. The van der Waals surface area contributed by atoms with E-state index in [1.165, 1.54) is 12.4 Å². The van der Waals surface area contributed by atoms with Crippen molar-refractivity contribution >= 4 is 23.2 Å². The number of halogens is 2. The van der Waals surface area contributed by atoms with Crippen LogP contribution < -0.4 is 0 Å². The van der Waals surface area contributed by atoms with Crippen LogP contribution in [0.1, 0.15) is 19.4 Å². The van der Waals surface area contributed by atoms with Crippen LogP contribution in [-0.2, 0) is 5.41 Å². The number of hydrogen-bond acceptors (Lipinski definition) is 2. The minimum absolute atomic E-state index is 0.430. The molecule has 13 heavy (non-hydrogen) atoms. The maximum absolute atomic E-state index is 8.91. The molecule has 0 radical (unpaired) electrons. The van der Waals surface area contributed by atoms with E-state index in [9.17, 15) is 0 Å². The molecule has 0 N–H and O–H groups in total. The van der Waals surface area contributed by atoms with Gasteiger partial charge in [0.15, 0.2) is 0 Å². The Labute approximate surface area is 87.1 Å². The summed E-state index contributed by atoms with van der Waals surface area (Å²) in [4.78, 5) is 3.82.